The second kappa shape index (κ2) is 13.9. The first-order chi connectivity index (χ1) is 18.6. The first kappa shape index (κ1) is 29.1. The maximum Gasteiger partial charge on any atom is 0.408 e. The quantitative estimate of drug-likeness (QED) is 0.252. The molecular weight excluding hydrogens is 496 g/mol. The lowest BCUT2D eigenvalue weighted by molar-refractivity contribution is -0.139. The number of aryl methyl sites for hydroxylation is 1. The number of carboxylic acids is 1. The van der Waals surface area contributed by atoms with Gasteiger partial charge in [-0.15, -0.1) is 0 Å². The van der Waals surface area contributed by atoms with E-state index in [0.29, 0.717) is 19.4 Å². The summed E-state index contributed by atoms with van der Waals surface area (Å²) in [5.74, 6) is 5.14. The number of hydrogen-bond donors (Lipinski definition) is 3. The van der Waals surface area contributed by atoms with Gasteiger partial charge < -0.3 is 25.2 Å². The second-order valence-corrected chi connectivity index (χ2v) is 9.93. The standard InChI is InChI=1S/C31H34N2O6/c1-31(2,3)39-30(37)33-27(28(34)35)19-18-24-17-16-23(25-14-7-8-15-26(24)25)13-9-10-20-32-29(36)38-21-22-11-5-4-6-12-22/h4-8,11-12,14-17,27H,10,18-21H2,1-3H3,(H,32,36)(H,33,37)(H,34,35). The summed E-state index contributed by atoms with van der Waals surface area (Å²) in [5, 5.41) is 16.6. The molecule has 3 aromatic carbocycles. The molecule has 204 valence electrons. The van der Waals surface area contributed by atoms with Crippen LogP contribution in [0, 0.1) is 11.8 Å². The smallest absolute Gasteiger partial charge is 0.408 e. The van der Waals surface area contributed by atoms with Crippen LogP contribution in [0.5, 0.6) is 0 Å². The Hall–Kier alpha value is -4.51. The number of rotatable bonds is 9. The van der Waals surface area contributed by atoms with Crippen LogP contribution < -0.4 is 10.6 Å². The van der Waals surface area contributed by atoms with E-state index in [4.69, 9.17) is 9.47 Å². The van der Waals surface area contributed by atoms with Crippen molar-refractivity contribution in [1.82, 2.24) is 10.6 Å². The number of hydrogen-bond acceptors (Lipinski definition) is 5. The molecule has 0 aromatic heterocycles. The molecule has 2 amide bonds. The van der Waals surface area contributed by atoms with Gasteiger partial charge in [0, 0.05) is 18.5 Å². The topological polar surface area (TPSA) is 114 Å². The maximum absolute atomic E-state index is 12.1. The summed E-state index contributed by atoms with van der Waals surface area (Å²) in [6.45, 7) is 5.72. The molecule has 0 heterocycles. The Morgan fingerprint density at radius 2 is 1.62 bits per heavy atom. The van der Waals surface area contributed by atoms with E-state index >= 15 is 0 Å². The minimum Gasteiger partial charge on any atom is -0.480 e. The van der Waals surface area contributed by atoms with Crippen molar-refractivity contribution in [1.29, 1.82) is 0 Å². The van der Waals surface area contributed by atoms with Gasteiger partial charge in [-0.25, -0.2) is 14.4 Å². The summed E-state index contributed by atoms with van der Waals surface area (Å²) in [5.41, 5.74) is 1.99. The first-order valence-electron chi connectivity index (χ1n) is 12.8. The van der Waals surface area contributed by atoms with Crippen LogP contribution in [0.4, 0.5) is 9.59 Å². The van der Waals surface area contributed by atoms with Gasteiger partial charge in [-0.2, -0.15) is 0 Å². The number of carbonyl (C=O) groups is 3. The number of ether oxygens (including phenoxy) is 2. The van der Waals surface area contributed by atoms with E-state index < -0.39 is 29.8 Å². The zero-order valence-electron chi connectivity index (χ0n) is 22.5. The number of alkyl carbamates (subject to hydrolysis) is 2. The zero-order valence-corrected chi connectivity index (χ0v) is 22.5. The summed E-state index contributed by atoms with van der Waals surface area (Å²) >= 11 is 0. The SMILES string of the molecule is CC(C)(C)OC(=O)NC(CCc1ccc(C#CCCNC(=O)OCc2ccccc2)c2ccccc12)C(=O)O. The molecule has 39 heavy (non-hydrogen) atoms. The Labute approximate surface area is 228 Å². The molecule has 3 rings (SSSR count). The molecule has 0 spiro atoms. The summed E-state index contributed by atoms with van der Waals surface area (Å²) in [4.78, 5) is 35.7. The fraction of sp³-hybridized carbons (Fsp3) is 0.323. The van der Waals surface area contributed by atoms with Crippen LogP contribution in [0.2, 0.25) is 0 Å². The van der Waals surface area contributed by atoms with Gasteiger partial charge in [-0.05, 0) is 61.6 Å². The molecule has 1 unspecified atom stereocenters. The van der Waals surface area contributed by atoms with Gasteiger partial charge in [-0.1, -0.05) is 72.5 Å². The van der Waals surface area contributed by atoms with Gasteiger partial charge in [0.05, 0.1) is 0 Å². The monoisotopic (exact) mass is 530 g/mol. The molecule has 0 saturated heterocycles. The maximum atomic E-state index is 12.1. The fourth-order valence-corrected chi connectivity index (χ4v) is 3.85. The van der Waals surface area contributed by atoms with E-state index in [1.54, 1.807) is 20.8 Å². The Morgan fingerprint density at radius 1 is 0.923 bits per heavy atom. The zero-order chi connectivity index (χ0) is 28.3. The number of aliphatic carboxylic acids is 1. The van der Waals surface area contributed by atoms with Crippen LogP contribution in [0.25, 0.3) is 10.8 Å². The number of fused-ring (bicyclic) bond motifs is 1. The number of benzene rings is 3. The largest absolute Gasteiger partial charge is 0.480 e. The minimum absolute atomic E-state index is 0.204. The first-order valence-corrected chi connectivity index (χ1v) is 12.8. The average molecular weight is 531 g/mol. The van der Waals surface area contributed by atoms with Gasteiger partial charge in [0.25, 0.3) is 0 Å². The fourth-order valence-electron chi connectivity index (χ4n) is 3.85. The van der Waals surface area contributed by atoms with Gasteiger partial charge in [0.15, 0.2) is 0 Å². The van der Waals surface area contributed by atoms with Crippen LogP contribution in [-0.2, 0) is 27.3 Å². The number of carbonyl (C=O) groups excluding carboxylic acids is 2. The molecule has 0 radical (unpaired) electrons. The van der Waals surface area contributed by atoms with E-state index in [9.17, 15) is 19.5 Å². The predicted molar refractivity (Wildman–Crippen MR) is 149 cm³/mol. The number of nitrogens with one attached hydrogen (secondary N) is 2. The number of amides is 2. The highest BCUT2D eigenvalue weighted by Gasteiger charge is 2.24. The molecule has 3 N–H and O–H groups in total. The van der Waals surface area contributed by atoms with Crippen molar-refractivity contribution in [3.63, 3.8) is 0 Å². The molecule has 0 aliphatic carbocycles. The molecule has 0 aliphatic rings. The second-order valence-electron chi connectivity index (χ2n) is 9.93. The minimum atomic E-state index is -1.12. The third kappa shape index (κ3) is 9.71. The van der Waals surface area contributed by atoms with E-state index in [0.717, 1.165) is 27.5 Å². The lowest BCUT2D eigenvalue weighted by Crippen LogP contribution is -2.43. The lowest BCUT2D eigenvalue weighted by atomic mass is 9.95. The van der Waals surface area contributed by atoms with E-state index in [1.807, 2.05) is 66.7 Å². The summed E-state index contributed by atoms with van der Waals surface area (Å²) in [6.07, 6.45) is -0.153. The van der Waals surface area contributed by atoms with E-state index in [1.165, 1.54) is 0 Å². The highest BCUT2D eigenvalue weighted by Crippen LogP contribution is 2.24. The Bertz CT molecular complexity index is 1350. The lowest BCUT2D eigenvalue weighted by Gasteiger charge is -2.22. The predicted octanol–water partition coefficient (Wildman–Crippen LogP) is 5.42. The Balaban J connectivity index is 1.57. The molecule has 3 aromatic rings. The molecule has 0 saturated carbocycles. The van der Waals surface area contributed by atoms with Crippen molar-refractivity contribution in [2.75, 3.05) is 6.54 Å². The Kier molecular flexibility index (Phi) is 10.3. The normalized spacial score (nSPS) is 11.6. The average Bonchev–Trinajstić information content (AvgIpc) is 2.89. The molecule has 8 nitrogen and oxygen atoms in total. The van der Waals surface area contributed by atoms with Crippen molar-refractivity contribution >= 4 is 28.9 Å². The van der Waals surface area contributed by atoms with Gasteiger partial charge in [-0.3, -0.25) is 0 Å². The highest BCUT2D eigenvalue weighted by molar-refractivity contribution is 5.91. The highest BCUT2D eigenvalue weighted by atomic mass is 16.6. The third-order valence-corrected chi connectivity index (χ3v) is 5.66. The van der Waals surface area contributed by atoms with Crippen molar-refractivity contribution in [3.8, 4) is 11.8 Å². The third-order valence-electron chi connectivity index (χ3n) is 5.66. The van der Waals surface area contributed by atoms with Gasteiger partial charge in [0.1, 0.15) is 18.2 Å². The van der Waals surface area contributed by atoms with Crippen molar-refractivity contribution in [2.24, 2.45) is 0 Å². The van der Waals surface area contributed by atoms with Crippen LogP contribution in [-0.4, -0.2) is 41.4 Å². The van der Waals surface area contributed by atoms with Crippen molar-refractivity contribution in [2.45, 2.75) is 58.3 Å². The Morgan fingerprint density at radius 3 is 2.31 bits per heavy atom. The van der Waals surface area contributed by atoms with Crippen molar-refractivity contribution < 1.29 is 29.0 Å². The van der Waals surface area contributed by atoms with Crippen LogP contribution in [0.15, 0.2) is 66.7 Å². The van der Waals surface area contributed by atoms with E-state index in [2.05, 4.69) is 22.5 Å². The molecule has 0 fully saturated rings. The molecule has 1 atom stereocenters. The molecule has 8 heteroatoms. The number of carboxylic acid groups (broad SMARTS) is 1. The van der Waals surface area contributed by atoms with Crippen LogP contribution >= 0.6 is 0 Å². The van der Waals surface area contributed by atoms with Crippen molar-refractivity contribution in [3.05, 3.63) is 83.4 Å². The summed E-state index contributed by atoms with van der Waals surface area (Å²) in [6, 6.07) is 20.0. The molecule has 0 bridgehead atoms. The molecule has 0 aliphatic heterocycles. The van der Waals surface area contributed by atoms with Crippen LogP contribution in [0.3, 0.4) is 0 Å². The summed E-state index contributed by atoms with van der Waals surface area (Å²) < 4.78 is 10.4. The molecular formula is C31H34N2O6. The van der Waals surface area contributed by atoms with E-state index in [-0.39, 0.29) is 13.0 Å². The van der Waals surface area contributed by atoms with Gasteiger partial charge >= 0.3 is 18.2 Å². The van der Waals surface area contributed by atoms with Crippen LogP contribution in [0.1, 0.15) is 50.3 Å². The summed E-state index contributed by atoms with van der Waals surface area (Å²) in [7, 11) is 0. The van der Waals surface area contributed by atoms with Gasteiger partial charge in [0.2, 0.25) is 0 Å².